The van der Waals surface area contributed by atoms with Crippen LogP contribution in [-0.2, 0) is 18.0 Å². The summed E-state index contributed by atoms with van der Waals surface area (Å²) < 4.78 is 55.6. The van der Waals surface area contributed by atoms with Crippen LogP contribution in [0.4, 0.5) is 13.2 Å². The third kappa shape index (κ3) is 6.54. The summed E-state index contributed by atoms with van der Waals surface area (Å²) in [6.45, 7) is 5.20. The van der Waals surface area contributed by atoms with Crippen LogP contribution in [0.25, 0.3) is 0 Å². The van der Waals surface area contributed by atoms with Gasteiger partial charge in [-0.25, -0.2) is 4.98 Å². The summed E-state index contributed by atoms with van der Waals surface area (Å²) in [5.41, 5.74) is 0.730. The first-order valence-electron chi connectivity index (χ1n) is 6.91. The third-order valence-electron chi connectivity index (χ3n) is 2.83. The van der Waals surface area contributed by atoms with Crippen LogP contribution in [0.3, 0.4) is 0 Å². The Hall–Kier alpha value is -1.03. The van der Waals surface area contributed by atoms with Crippen molar-refractivity contribution in [2.75, 3.05) is 6.61 Å². The highest BCUT2D eigenvalue weighted by atomic mass is 32.2. The first-order chi connectivity index (χ1) is 10.4. The predicted octanol–water partition coefficient (Wildman–Crippen LogP) is 2.63. The molecule has 0 aliphatic heterocycles. The van der Waals surface area contributed by atoms with Gasteiger partial charge < -0.3 is 14.4 Å². The molecular formula is C14H21F3N2O3S. The van der Waals surface area contributed by atoms with E-state index >= 15 is 0 Å². The van der Waals surface area contributed by atoms with Gasteiger partial charge in [0, 0.05) is 23.1 Å². The van der Waals surface area contributed by atoms with E-state index in [4.69, 9.17) is 0 Å². The molecule has 2 N–H and O–H groups in total. The molecule has 1 aromatic heterocycles. The number of aliphatic hydroxyl groups is 1. The highest BCUT2D eigenvalue weighted by Gasteiger charge is 2.30. The van der Waals surface area contributed by atoms with Gasteiger partial charge in [-0.3, -0.25) is 0 Å². The maximum Gasteiger partial charge on any atom is 0.422 e. The molecule has 0 bridgehead atoms. The van der Waals surface area contributed by atoms with Gasteiger partial charge in [-0.15, -0.1) is 4.72 Å². The summed E-state index contributed by atoms with van der Waals surface area (Å²) in [6.07, 6.45) is -3.14. The Morgan fingerprint density at radius 2 is 2.00 bits per heavy atom. The SMILES string of the molecule is CC(N[S@+]([O-])C(C)(C)C)c1cnc(OCC(F)(F)F)c(CO)c1. The van der Waals surface area contributed by atoms with Gasteiger partial charge in [-0.05, 0) is 39.3 Å². The van der Waals surface area contributed by atoms with Gasteiger partial charge in [0.25, 0.3) is 0 Å². The Balaban J connectivity index is 2.86. The van der Waals surface area contributed by atoms with Crippen LogP contribution in [0.2, 0.25) is 0 Å². The van der Waals surface area contributed by atoms with Crippen molar-refractivity contribution in [1.82, 2.24) is 9.71 Å². The Labute approximate surface area is 136 Å². The Kier molecular flexibility index (Phi) is 6.70. The van der Waals surface area contributed by atoms with Crippen molar-refractivity contribution in [2.45, 2.75) is 51.3 Å². The van der Waals surface area contributed by atoms with E-state index in [1.807, 2.05) is 20.8 Å². The number of hydrogen-bond donors (Lipinski definition) is 2. The molecular weight excluding hydrogens is 333 g/mol. The number of pyridine rings is 1. The number of rotatable bonds is 6. The third-order valence-corrected chi connectivity index (χ3v) is 4.51. The molecule has 0 saturated carbocycles. The van der Waals surface area contributed by atoms with Crippen LogP contribution in [0, 0.1) is 0 Å². The lowest BCUT2D eigenvalue weighted by atomic mass is 10.1. The van der Waals surface area contributed by atoms with E-state index < -0.39 is 35.5 Å². The van der Waals surface area contributed by atoms with E-state index in [0.717, 1.165) is 0 Å². The second kappa shape index (κ2) is 7.69. The molecule has 9 heteroatoms. The van der Waals surface area contributed by atoms with Crippen molar-refractivity contribution in [3.63, 3.8) is 0 Å². The Morgan fingerprint density at radius 1 is 1.39 bits per heavy atom. The maximum atomic E-state index is 12.2. The largest absolute Gasteiger partial charge is 0.598 e. The van der Waals surface area contributed by atoms with Crippen molar-refractivity contribution >= 4 is 11.4 Å². The molecule has 0 aromatic carbocycles. The first-order valence-corrected chi connectivity index (χ1v) is 8.06. The zero-order chi connectivity index (χ0) is 17.8. The number of hydrogen-bond acceptors (Lipinski definition) is 5. The maximum absolute atomic E-state index is 12.2. The Bertz CT molecular complexity index is 521. The molecule has 1 rings (SSSR count). The predicted molar refractivity (Wildman–Crippen MR) is 81.2 cm³/mol. The van der Waals surface area contributed by atoms with Gasteiger partial charge >= 0.3 is 6.18 Å². The molecule has 1 aromatic rings. The second-order valence-electron chi connectivity index (χ2n) is 6.02. The highest BCUT2D eigenvalue weighted by molar-refractivity contribution is 7.90. The van der Waals surface area contributed by atoms with Crippen molar-refractivity contribution in [2.24, 2.45) is 0 Å². The highest BCUT2D eigenvalue weighted by Crippen LogP contribution is 2.25. The monoisotopic (exact) mass is 354 g/mol. The average Bonchev–Trinajstić information content (AvgIpc) is 2.42. The molecule has 1 heterocycles. The summed E-state index contributed by atoms with van der Waals surface area (Å²) in [5, 5.41) is 9.28. The van der Waals surface area contributed by atoms with E-state index in [2.05, 4.69) is 14.4 Å². The van der Waals surface area contributed by atoms with E-state index in [-0.39, 0.29) is 17.5 Å². The van der Waals surface area contributed by atoms with Crippen LogP contribution >= 0.6 is 0 Å². The van der Waals surface area contributed by atoms with Crippen LogP contribution in [0.5, 0.6) is 5.88 Å². The molecule has 1 unspecified atom stereocenters. The minimum absolute atomic E-state index is 0.141. The fourth-order valence-corrected chi connectivity index (χ4v) is 2.36. The van der Waals surface area contributed by atoms with Gasteiger partial charge in [-0.2, -0.15) is 13.2 Å². The smallest absolute Gasteiger partial charge is 0.422 e. The van der Waals surface area contributed by atoms with Gasteiger partial charge in [0.1, 0.15) is 4.75 Å². The minimum atomic E-state index is -4.48. The van der Waals surface area contributed by atoms with E-state index in [1.54, 1.807) is 6.92 Å². The van der Waals surface area contributed by atoms with E-state index in [1.165, 1.54) is 12.3 Å². The standard InChI is InChI=1S/C14H21F3N2O3S/c1-9(19-23(21)13(2,3)4)10-5-11(7-20)12(18-6-10)22-8-14(15,16)17/h5-6,9,19-20H,7-8H2,1-4H3/t9?,23-/m1/s1. The lowest BCUT2D eigenvalue weighted by Gasteiger charge is -2.26. The molecule has 132 valence electrons. The number of halogens is 3. The number of aliphatic hydroxyl groups excluding tert-OH is 1. The quantitative estimate of drug-likeness (QED) is 0.768. The molecule has 2 atom stereocenters. The van der Waals surface area contributed by atoms with Crippen LogP contribution < -0.4 is 9.46 Å². The summed E-state index contributed by atoms with van der Waals surface area (Å²) in [4.78, 5) is 3.82. The summed E-state index contributed by atoms with van der Waals surface area (Å²) >= 11 is -1.32. The number of nitrogens with one attached hydrogen (secondary N) is 1. The molecule has 0 aliphatic carbocycles. The first kappa shape index (κ1) is 20.0. The zero-order valence-corrected chi connectivity index (χ0v) is 14.2. The summed E-state index contributed by atoms with van der Waals surface area (Å²) in [7, 11) is 0. The molecule has 0 amide bonds. The lowest BCUT2D eigenvalue weighted by molar-refractivity contribution is -0.154. The second-order valence-corrected chi connectivity index (χ2v) is 8.01. The van der Waals surface area contributed by atoms with Gasteiger partial charge in [-0.1, -0.05) is 0 Å². The minimum Gasteiger partial charge on any atom is -0.598 e. The molecule has 0 spiro atoms. The number of nitrogens with zero attached hydrogens (tertiary/aromatic N) is 1. The molecule has 5 nitrogen and oxygen atoms in total. The van der Waals surface area contributed by atoms with Crippen molar-refractivity contribution in [1.29, 1.82) is 0 Å². The van der Waals surface area contributed by atoms with Crippen LogP contribution in [-0.4, -0.2) is 32.2 Å². The number of ether oxygens (including phenoxy) is 1. The zero-order valence-electron chi connectivity index (χ0n) is 13.4. The number of aromatic nitrogens is 1. The number of alkyl halides is 3. The molecule has 0 radical (unpaired) electrons. The Morgan fingerprint density at radius 3 is 2.48 bits per heavy atom. The fourth-order valence-electron chi connectivity index (χ4n) is 1.55. The average molecular weight is 354 g/mol. The van der Waals surface area contributed by atoms with E-state index in [9.17, 15) is 22.8 Å². The summed E-state index contributed by atoms with van der Waals surface area (Å²) in [6, 6.07) is 1.13. The molecule has 0 aliphatic rings. The van der Waals surface area contributed by atoms with Crippen molar-refractivity contribution in [3.05, 3.63) is 23.4 Å². The van der Waals surface area contributed by atoms with Gasteiger partial charge in [0.2, 0.25) is 5.88 Å². The molecule has 0 fully saturated rings. The summed E-state index contributed by atoms with van der Waals surface area (Å²) in [5.74, 6) is -0.266. The van der Waals surface area contributed by atoms with Crippen molar-refractivity contribution < 1.29 is 27.6 Å². The molecule has 0 saturated heterocycles. The van der Waals surface area contributed by atoms with Gasteiger partial charge in [0.15, 0.2) is 6.61 Å². The normalized spacial score (nSPS) is 15.3. The van der Waals surface area contributed by atoms with Crippen molar-refractivity contribution in [3.8, 4) is 5.88 Å². The van der Waals surface area contributed by atoms with E-state index in [0.29, 0.717) is 5.56 Å². The van der Waals surface area contributed by atoms with Crippen LogP contribution in [0.1, 0.15) is 44.9 Å². The fraction of sp³-hybridized carbons (Fsp3) is 0.643. The lowest BCUT2D eigenvalue weighted by Crippen LogP contribution is -2.40. The molecule has 23 heavy (non-hydrogen) atoms. The topological polar surface area (TPSA) is 77.4 Å². The van der Waals surface area contributed by atoms with Gasteiger partial charge in [0.05, 0.1) is 12.6 Å². The van der Waals surface area contributed by atoms with Crippen LogP contribution in [0.15, 0.2) is 12.3 Å².